The van der Waals surface area contributed by atoms with E-state index in [0.29, 0.717) is 42.5 Å². The lowest BCUT2D eigenvalue weighted by atomic mass is 9.88. The summed E-state index contributed by atoms with van der Waals surface area (Å²) in [6, 6.07) is 15.4. The number of hydrogen-bond acceptors (Lipinski definition) is 5. The number of para-hydroxylation sites is 2. The van der Waals surface area contributed by atoms with Gasteiger partial charge in [-0.1, -0.05) is 56.2 Å². The van der Waals surface area contributed by atoms with Gasteiger partial charge in [-0.05, 0) is 30.5 Å². The van der Waals surface area contributed by atoms with Crippen LogP contribution in [0, 0.1) is 0 Å². The van der Waals surface area contributed by atoms with Crippen LogP contribution < -0.4 is 5.32 Å². The van der Waals surface area contributed by atoms with Crippen molar-refractivity contribution in [2.45, 2.75) is 57.8 Å². The van der Waals surface area contributed by atoms with Crippen molar-refractivity contribution in [1.82, 2.24) is 9.88 Å². The SMILES string of the molecule is CCC(=O)CCCCCCC(=O)N1C(=O)C(c2c[nH]c3ccccc23)=C(C2CNc3ccccc32)C1=O. The smallest absolute Gasteiger partial charge is 0.268 e. The van der Waals surface area contributed by atoms with Crippen LogP contribution in [-0.2, 0) is 19.2 Å². The fraction of sp³-hybridized carbons (Fsp3) is 0.333. The summed E-state index contributed by atoms with van der Waals surface area (Å²) < 4.78 is 0. The van der Waals surface area contributed by atoms with Gasteiger partial charge in [-0.25, -0.2) is 4.90 Å². The van der Waals surface area contributed by atoms with E-state index in [9.17, 15) is 19.2 Å². The van der Waals surface area contributed by atoms with Crippen LogP contribution in [0.15, 0.2) is 60.3 Å². The third-order valence-electron chi connectivity index (χ3n) is 7.40. The van der Waals surface area contributed by atoms with Gasteiger partial charge in [0.1, 0.15) is 5.78 Å². The summed E-state index contributed by atoms with van der Waals surface area (Å²) in [5.41, 5.74) is 4.07. The Bertz CT molecular complexity index is 1420. The molecule has 0 radical (unpaired) electrons. The molecule has 1 unspecified atom stereocenters. The highest BCUT2D eigenvalue weighted by Gasteiger charge is 2.47. The van der Waals surface area contributed by atoms with Gasteiger partial charge in [0.2, 0.25) is 5.91 Å². The van der Waals surface area contributed by atoms with E-state index < -0.39 is 17.7 Å². The number of anilines is 1. The van der Waals surface area contributed by atoms with Crippen LogP contribution in [0.3, 0.4) is 0 Å². The lowest BCUT2D eigenvalue weighted by molar-refractivity contribution is -0.148. The number of nitrogens with zero attached hydrogens (tertiary/aromatic N) is 1. The first-order valence-electron chi connectivity index (χ1n) is 13.1. The molecular weight excluding hydrogens is 466 g/mol. The minimum Gasteiger partial charge on any atom is -0.384 e. The molecular formula is C30H31N3O4. The Morgan fingerprint density at radius 2 is 1.65 bits per heavy atom. The summed E-state index contributed by atoms with van der Waals surface area (Å²) in [7, 11) is 0. The summed E-state index contributed by atoms with van der Waals surface area (Å²) in [5, 5.41) is 4.18. The maximum atomic E-state index is 13.8. The second-order valence-electron chi connectivity index (χ2n) is 9.70. The number of H-pyrrole nitrogens is 1. The fourth-order valence-corrected chi connectivity index (χ4v) is 5.42. The van der Waals surface area contributed by atoms with Crippen molar-refractivity contribution >= 4 is 45.7 Å². The standard InChI is InChI=1S/C30H31N3O4/c1-2-19(34)11-5-3-4-6-16-26(35)33-29(36)27(22-17-31-24-14-9-7-12-20(22)24)28(30(33)37)23-18-32-25-15-10-8-13-21(23)25/h7-10,12-15,17,23,31-32H,2-6,11,16,18H2,1H3. The summed E-state index contributed by atoms with van der Waals surface area (Å²) in [4.78, 5) is 56.3. The van der Waals surface area contributed by atoms with E-state index in [4.69, 9.17) is 0 Å². The zero-order chi connectivity index (χ0) is 25.9. The van der Waals surface area contributed by atoms with Crippen molar-refractivity contribution in [3.63, 3.8) is 0 Å². The van der Waals surface area contributed by atoms with Crippen LogP contribution in [0.25, 0.3) is 16.5 Å². The molecule has 3 aromatic rings. The molecule has 2 aromatic carbocycles. The fourth-order valence-electron chi connectivity index (χ4n) is 5.42. The van der Waals surface area contributed by atoms with E-state index in [1.165, 1.54) is 0 Å². The molecule has 3 heterocycles. The van der Waals surface area contributed by atoms with Crippen molar-refractivity contribution < 1.29 is 19.2 Å². The molecule has 5 rings (SSSR count). The van der Waals surface area contributed by atoms with Crippen molar-refractivity contribution in [3.8, 4) is 0 Å². The summed E-state index contributed by atoms with van der Waals surface area (Å²) in [6.07, 6.45) is 5.97. The molecule has 2 N–H and O–H groups in total. The van der Waals surface area contributed by atoms with E-state index in [-0.39, 0.29) is 18.1 Å². The van der Waals surface area contributed by atoms with Crippen molar-refractivity contribution in [1.29, 1.82) is 0 Å². The molecule has 0 aliphatic carbocycles. The van der Waals surface area contributed by atoms with Gasteiger partial charge in [0, 0.05) is 65.6 Å². The number of imide groups is 3. The van der Waals surface area contributed by atoms with Crippen LogP contribution in [0.1, 0.15) is 68.9 Å². The van der Waals surface area contributed by atoms with E-state index >= 15 is 0 Å². The third kappa shape index (κ3) is 4.61. The van der Waals surface area contributed by atoms with Gasteiger partial charge in [-0.15, -0.1) is 0 Å². The molecule has 7 nitrogen and oxygen atoms in total. The van der Waals surface area contributed by atoms with Gasteiger partial charge in [0.05, 0.1) is 5.57 Å². The number of aromatic nitrogens is 1. The highest BCUT2D eigenvalue weighted by molar-refractivity contribution is 6.42. The van der Waals surface area contributed by atoms with Crippen LogP contribution in [0.5, 0.6) is 0 Å². The van der Waals surface area contributed by atoms with Gasteiger partial charge in [0.15, 0.2) is 0 Å². The molecule has 1 aromatic heterocycles. The summed E-state index contributed by atoms with van der Waals surface area (Å²) >= 11 is 0. The maximum absolute atomic E-state index is 13.8. The normalized spacial score (nSPS) is 17.0. The number of fused-ring (bicyclic) bond motifs is 2. The average Bonchev–Trinajstić information content (AvgIpc) is 3.59. The van der Waals surface area contributed by atoms with Gasteiger partial charge in [-0.3, -0.25) is 19.2 Å². The molecule has 0 bridgehead atoms. The Balaban J connectivity index is 1.41. The molecule has 7 heteroatoms. The van der Waals surface area contributed by atoms with Gasteiger partial charge in [0.25, 0.3) is 11.8 Å². The number of benzene rings is 2. The Morgan fingerprint density at radius 3 is 2.46 bits per heavy atom. The van der Waals surface area contributed by atoms with Gasteiger partial charge >= 0.3 is 0 Å². The quantitative estimate of drug-likeness (QED) is 0.291. The number of hydrogen-bond donors (Lipinski definition) is 2. The number of nitrogens with one attached hydrogen (secondary N) is 2. The molecule has 3 amide bonds. The van der Waals surface area contributed by atoms with E-state index in [0.717, 1.165) is 46.3 Å². The lowest BCUT2D eigenvalue weighted by Gasteiger charge is -2.15. The molecule has 1 atom stereocenters. The van der Waals surface area contributed by atoms with Gasteiger partial charge in [-0.2, -0.15) is 0 Å². The number of aromatic amines is 1. The minimum atomic E-state index is -0.548. The second-order valence-corrected chi connectivity index (χ2v) is 9.70. The molecule has 2 aliphatic rings. The minimum absolute atomic E-state index is 0.118. The lowest BCUT2D eigenvalue weighted by Crippen LogP contribution is -2.38. The Kier molecular flexibility index (Phi) is 7.04. The van der Waals surface area contributed by atoms with Gasteiger partial charge < -0.3 is 10.3 Å². The predicted octanol–water partition coefficient (Wildman–Crippen LogP) is 5.35. The molecule has 0 fully saturated rings. The van der Waals surface area contributed by atoms with E-state index in [1.807, 2.05) is 55.5 Å². The highest BCUT2D eigenvalue weighted by atomic mass is 16.2. The zero-order valence-corrected chi connectivity index (χ0v) is 21.0. The number of unbranched alkanes of at least 4 members (excludes halogenated alkanes) is 3. The zero-order valence-electron chi connectivity index (χ0n) is 21.0. The molecule has 0 saturated carbocycles. The summed E-state index contributed by atoms with van der Waals surface area (Å²) in [6.45, 7) is 2.34. The first-order valence-corrected chi connectivity index (χ1v) is 13.1. The van der Waals surface area contributed by atoms with Crippen LogP contribution in [0.2, 0.25) is 0 Å². The Morgan fingerprint density at radius 1 is 0.919 bits per heavy atom. The third-order valence-corrected chi connectivity index (χ3v) is 7.40. The first kappa shape index (κ1) is 24.7. The topological polar surface area (TPSA) is 99.3 Å². The largest absolute Gasteiger partial charge is 0.384 e. The number of amides is 3. The molecule has 37 heavy (non-hydrogen) atoms. The van der Waals surface area contributed by atoms with Crippen molar-refractivity contribution in [2.24, 2.45) is 0 Å². The number of carbonyl (C=O) groups is 4. The maximum Gasteiger partial charge on any atom is 0.268 e. The first-order chi connectivity index (χ1) is 18.0. The van der Waals surface area contributed by atoms with Crippen LogP contribution in [0.4, 0.5) is 5.69 Å². The monoisotopic (exact) mass is 497 g/mol. The Labute approximate surface area is 215 Å². The predicted molar refractivity (Wildman–Crippen MR) is 143 cm³/mol. The number of carbonyl (C=O) groups excluding carboxylic acids is 4. The highest BCUT2D eigenvalue weighted by Crippen LogP contribution is 2.44. The molecule has 2 aliphatic heterocycles. The molecule has 0 spiro atoms. The van der Waals surface area contributed by atoms with Crippen LogP contribution >= 0.6 is 0 Å². The average molecular weight is 498 g/mol. The molecule has 190 valence electrons. The number of ketones is 1. The van der Waals surface area contributed by atoms with Crippen LogP contribution in [-0.4, -0.2) is 39.9 Å². The Hall–Kier alpha value is -4.00. The van der Waals surface area contributed by atoms with Crippen molar-refractivity contribution in [2.75, 3.05) is 11.9 Å². The van der Waals surface area contributed by atoms with Crippen molar-refractivity contribution in [3.05, 3.63) is 71.4 Å². The second kappa shape index (κ2) is 10.5. The number of rotatable bonds is 10. The number of Topliss-reactive ketones (excluding diaryl/α,β-unsaturated/α-hetero) is 1. The summed E-state index contributed by atoms with van der Waals surface area (Å²) in [5.74, 6) is -1.62. The van der Waals surface area contributed by atoms with E-state index in [2.05, 4.69) is 10.3 Å². The van der Waals surface area contributed by atoms with E-state index in [1.54, 1.807) is 6.20 Å². The molecule has 0 saturated heterocycles.